The van der Waals surface area contributed by atoms with Crippen LogP contribution in [-0.2, 0) is 4.43 Å². The number of allylic oxidation sites excluding steroid dienone is 1. The first-order chi connectivity index (χ1) is 3.65. The maximum Gasteiger partial charge on any atom is 0.145 e. The Morgan fingerprint density at radius 2 is 1.75 bits per heavy atom. The third-order valence-electron chi connectivity index (χ3n) is 0.289. The molecule has 0 aliphatic rings. The number of rotatable bonds is 1. The predicted molar refractivity (Wildman–Crippen MR) is 42.1 cm³/mol. The molecule has 0 bridgehead atoms. The molecule has 8 heavy (non-hydrogen) atoms. The maximum absolute atomic E-state index is 4.68. The van der Waals surface area contributed by atoms with Gasteiger partial charge in [-0.3, -0.25) is 0 Å². The minimum absolute atomic E-state index is 0.881. The standard InChI is InChI=1S/C4H8.C2H8OSi/c1-4(2)3;1-2-3-4/h1H2,2-3H3;2H2,1,4H3. The first-order valence-corrected chi connectivity index (χ1v) is 3.57. The van der Waals surface area contributed by atoms with E-state index in [1.165, 1.54) is 5.57 Å². The first-order valence-electron chi connectivity index (χ1n) is 2.76. The van der Waals surface area contributed by atoms with Crippen LogP contribution in [0.15, 0.2) is 12.2 Å². The minimum atomic E-state index is 0.881. The Labute approximate surface area is 55.3 Å². The van der Waals surface area contributed by atoms with Gasteiger partial charge in [0, 0.05) is 6.61 Å². The monoisotopic (exact) mass is 132 g/mol. The van der Waals surface area contributed by atoms with Crippen molar-refractivity contribution < 1.29 is 4.43 Å². The molecule has 0 unspecified atom stereocenters. The van der Waals surface area contributed by atoms with E-state index in [0.717, 1.165) is 17.1 Å². The fraction of sp³-hybridized carbons (Fsp3) is 0.667. The molecule has 0 saturated heterocycles. The molecule has 50 valence electrons. The topological polar surface area (TPSA) is 9.23 Å². The molecule has 0 fully saturated rings. The van der Waals surface area contributed by atoms with Gasteiger partial charge in [0.05, 0.1) is 0 Å². The van der Waals surface area contributed by atoms with Gasteiger partial charge in [-0.1, -0.05) is 5.57 Å². The maximum atomic E-state index is 4.68. The Balaban J connectivity index is 0. The lowest BCUT2D eigenvalue weighted by Gasteiger charge is -1.77. The summed E-state index contributed by atoms with van der Waals surface area (Å²) in [6.45, 7) is 10.4. The van der Waals surface area contributed by atoms with Crippen molar-refractivity contribution in [3.05, 3.63) is 12.2 Å². The van der Waals surface area contributed by atoms with Gasteiger partial charge < -0.3 is 4.43 Å². The lowest BCUT2D eigenvalue weighted by molar-refractivity contribution is 0.375. The third kappa shape index (κ3) is 170. The van der Waals surface area contributed by atoms with Crippen LogP contribution in [0, 0.1) is 0 Å². The van der Waals surface area contributed by atoms with Crippen LogP contribution in [0.2, 0.25) is 0 Å². The van der Waals surface area contributed by atoms with Crippen molar-refractivity contribution in [2.24, 2.45) is 0 Å². The molecule has 0 aromatic rings. The summed E-state index contributed by atoms with van der Waals surface area (Å²) in [5.74, 6) is 0. The lowest BCUT2D eigenvalue weighted by Crippen LogP contribution is -1.76. The molecule has 0 spiro atoms. The van der Waals surface area contributed by atoms with E-state index in [-0.39, 0.29) is 0 Å². The van der Waals surface area contributed by atoms with Crippen LogP contribution < -0.4 is 0 Å². The van der Waals surface area contributed by atoms with Crippen LogP contribution in [0.25, 0.3) is 0 Å². The highest BCUT2D eigenvalue weighted by molar-refractivity contribution is 5.97. The second-order valence-electron chi connectivity index (χ2n) is 1.78. The second kappa shape index (κ2) is 10.0. The first kappa shape index (κ1) is 10.8. The molecule has 0 radical (unpaired) electrons. The van der Waals surface area contributed by atoms with E-state index < -0.39 is 0 Å². The molecule has 0 N–H and O–H groups in total. The van der Waals surface area contributed by atoms with E-state index in [0.29, 0.717) is 0 Å². The number of hydrogen-bond acceptors (Lipinski definition) is 1. The van der Waals surface area contributed by atoms with E-state index in [1.807, 2.05) is 20.8 Å². The zero-order valence-electron chi connectivity index (χ0n) is 6.32. The summed E-state index contributed by atoms with van der Waals surface area (Å²) >= 11 is 0. The Bertz CT molecular complexity index is 46.5. The summed E-state index contributed by atoms with van der Waals surface area (Å²) in [7, 11) is 0.890. The van der Waals surface area contributed by atoms with Crippen molar-refractivity contribution in [3.63, 3.8) is 0 Å². The average Bonchev–Trinajstić information content (AvgIpc) is 1.65. The highest BCUT2D eigenvalue weighted by atomic mass is 28.2. The SMILES string of the molecule is C=C(C)C.CCO[SiH3]. The number of hydrogen-bond donors (Lipinski definition) is 0. The summed E-state index contributed by atoms with van der Waals surface area (Å²) in [5, 5.41) is 0. The van der Waals surface area contributed by atoms with Crippen molar-refractivity contribution in [1.29, 1.82) is 0 Å². The molecular weight excluding hydrogens is 116 g/mol. The summed E-state index contributed by atoms with van der Waals surface area (Å²) in [6, 6.07) is 0. The molecule has 0 atom stereocenters. The lowest BCUT2D eigenvalue weighted by atomic mass is 10.4. The van der Waals surface area contributed by atoms with Crippen LogP contribution in [0.4, 0.5) is 0 Å². The molecule has 0 rings (SSSR count). The molecule has 0 aromatic carbocycles. The molecule has 0 heterocycles. The zero-order chi connectivity index (χ0) is 6.99. The molecule has 1 nitrogen and oxygen atoms in total. The van der Waals surface area contributed by atoms with Crippen LogP contribution in [0.3, 0.4) is 0 Å². The van der Waals surface area contributed by atoms with Gasteiger partial charge in [-0.15, -0.1) is 6.58 Å². The zero-order valence-corrected chi connectivity index (χ0v) is 8.32. The highest BCUT2D eigenvalue weighted by Crippen LogP contribution is 1.73. The van der Waals surface area contributed by atoms with E-state index >= 15 is 0 Å². The summed E-state index contributed by atoms with van der Waals surface area (Å²) in [5.41, 5.74) is 1.17. The molecule has 0 aliphatic heterocycles. The van der Waals surface area contributed by atoms with E-state index in [2.05, 4.69) is 11.0 Å². The highest BCUT2D eigenvalue weighted by Gasteiger charge is 1.51. The van der Waals surface area contributed by atoms with Gasteiger partial charge in [-0.2, -0.15) is 0 Å². The Morgan fingerprint density at radius 3 is 1.75 bits per heavy atom. The van der Waals surface area contributed by atoms with Gasteiger partial charge in [-0.05, 0) is 20.8 Å². The van der Waals surface area contributed by atoms with Crippen molar-refractivity contribution >= 4 is 10.5 Å². The normalized spacial score (nSPS) is 7.38. The van der Waals surface area contributed by atoms with E-state index in [4.69, 9.17) is 0 Å². The summed E-state index contributed by atoms with van der Waals surface area (Å²) in [6.07, 6.45) is 0. The van der Waals surface area contributed by atoms with Gasteiger partial charge in [0.2, 0.25) is 0 Å². The van der Waals surface area contributed by atoms with Gasteiger partial charge in [0.25, 0.3) is 0 Å². The minimum Gasteiger partial charge on any atom is -0.428 e. The smallest absolute Gasteiger partial charge is 0.145 e. The van der Waals surface area contributed by atoms with E-state index in [1.54, 1.807) is 0 Å². The third-order valence-corrected chi connectivity index (χ3v) is 0.866. The predicted octanol–water partition coefficient (Wildman–Crippen LogP) is 0.886. The Morgan fingerprint density at radius 1 is 1.62 bits per heavy atom. The Kier molecular flexibility index (Phi) is 13.5. The molecule has 0 saturated carbocycles. The fourth-order valence-corrected chi connectivity index (χ4v) is 0. The molecule has 2 heteroatoms. The average molecular weight is 132 g/mol. The van der Waals surface area contributed by atoms with Gasteiger partial charge in [-0.25, -0.2) is 0 Å². The molecule has 0 aliphatic carbocycles. The second-order valence-corrected chi connectivity index (χ2v) is 2.36. The van der Waals surface area contributed by atoms with Crippen molar-refractivity contribution in [3.8, 4) is 0 Å². The van der Waals surface area contributed by atoms with Crippen LogP contribution in [0.1, 0.15) is 20.8 Å². The summed E-state index contributed by atoms with van der Waals surface area (Å²) in [4.78, 5) is 0. The van der Waals surface area contributed by atoms with Gasteiger partial charge >= 0.3 is 0 Å². The largest absolute Gasteiger partial charge is 0.428 e. The van der Waals surface area contributed by atoms with Crippen LogP contribution in [-0.4, -0.2) is 17.1 Å². The van der Waals surface area contributed by atoms with Gasteiger partial charge in [0.15, 0.2) is 0 Å². The van der Waals surface area contributed by atoms with Crippen LogP contribution >= 0.6 is 0 Å². The van der Waals surface area contributed by atoms with Gasteiger partial charge in [0.1, 0.15) is 10.5 Å². The molecule has 0 amide bonds. The quantitative estimate of drug-likeness (QED) is 0.380. The van der Waals surface area contributed by atoms with Crippen molar-refractivity contribution in [2.75, 3.05) is 6.61 Å². The molecular formula is C6H16OSi. The summed E-state index contributed by atoms with van der Waals surface area (Å²) < 4.78 is 4.68. The Hall–Kier alpha value is -0.0831. The fourth-order valence-electron chi connectivity index (χ4n) is 0. The van der Waals surface area contributed by atoms with Crippen molar-refractivity contribution in [2.45, 2.75) is 20.8 Å². The molecule has 0 aromatic heterocycles. The van der Waals surface area contributed by atoms with E-state index in [9.17, 15) is 0 Å². The van der Waals surface area contributed by atoms with Crippen LogP contribution in [0.5, 0.6) is 0 Å². The van der Waals surface area contributed by atoms with Crippen molar-refractivity contribution in [1.82, 2.24) is 0 Å².